The van der Waals surface area contributed by atoms with Crippen LogP contribution in [0.4, 0.5) is 23.7 Å². The second-order valence-electron chi connectivity index (χ2n) is 8.67. The number of pyridine rings is 2. The molecular formula is C23H27F3N4O3. The lowest BCUT2D eigenvalue weighted by molar-refractivity contribution is -0.615. The summed E-state index contributed by atoms with van der Waals surface area (Å²) in [7, 11) is 0. The summed E-state index contributed by atoms with van der Waals surface area (Å²) in [6.07, 6.45) is 3.24. The fourth-order valence-corrected chi connectivity index (χ4v) is 4.67. The van der Waals surface area contributed by atoms with Gasteiger partial charge in [-0.25, -0.2) is 9.78 Å². The molecule has 3 heterocycles. The summed E-state index contributed by atoms with van der Waals surface area (Å²) in [5, 5.41) is 12.6. The third kappa shape index (κ3) is 4.69. The topological polar surface area (TPSA) is 72.6 Å². The molecule has 2 aromatic heterocycles. The van der Waals surface area contributed by atoms with Crippen LogP contribution >= 0.6 is 0 Å². The van der Waals surface area contributed by atoms with E-state index in [9.17, 15) is 23.2 Å². The van der Waals surface area contributed by atoms with Crippen LogP contribution in [0.2, 0.25) is 0 Å². The molecule has 0 radical (unpaired) electrons. The molecule has 1 spiro atoms. The molecule has 4 rings (SSSR count). The van der Waals surface area contributed by atoms with E-state index in [0.717, 1.165) is 55.5 Å². The van der Waals surface area contributed by atoms with E-state index in [-0.39, 0.29) is 12.6 Å². The number of carbonyl (C=O) groups is 1. The number of carbonyl (C=O) groups excluding carboxylic acids is 1. The van der Waals surface area contributed by atoms with Gasteiger partial charge in [0.15, 0.2) is 5.75 Å². The minimum absolute atomic E-state index is 0.112. The predicted molar refractivity (Wildman–Crippen MR) is 115 cm³/mol. The van der Waals surface area contributed by atoms with Gasteiger partial charge in [-0.2, -0.15) is 17.9 Å². The Morgan fingerprint density at radius 2 is 1.94 bits per heavy atom. The standard InChI is InChI=1S/C23H27F3N4O3/c1-2-12-33-19-8-6-18(30(32)15-19)14-29-21(31)28(16-22(29)10-4-3-5-11-22)17-7-9-20(27-13-17)23(24,25)26/h6-9,13,15H,2-5,10-12,14,16H2,1H3. The molecule has 1 aliphatic heterocycles. The van der Waals surface area contributed by atoms with Crippen molar-refractivity contribution in [2.45, 2.75) is 63.7 Å². The van der Waals surface area contributed by atoms with Crippen molar-refractivity contribution in [3.05, 3.63) is 53.3 Å². The Bertz CT molecular complexity index is 991. The summed E-state index contributed by atoms with van der Waals surface area (Å²) in [6, 6.07) is 5.21. The molecule has 1 aliphatic carbocycles. The van der Waals surface area contributed by atoms with Gasteiger partial charge in [0.25, 0.3) is 0 Å². The van der Waals surface area contributed by atoms with Crippen LogP contribution in [0.1, 0.15) is 56.8 Å². The van der Waals surface area contributed by atoms with Gasteiger partial charge in [0, 0.05) is 6.07 Å². The van der Waals surface area contributed by atoms with Gasteiger partial charge in [-0.3, -0.25) is 4.90 Å². The first kappa shape index (κ1) is 23.1. The number of amides is 2. The van der Waals surface area contributed by atoms with E-state index >= 15 is 0 Å². The number of anilines is 1. The lowest BCUT2D eigenvalue weighted by Gasteiger charge is -2.39. The van der Waals surface area contributed by atoms with Crippen LogP contribution in [0.3, 0.4) is 0 Å². The molecule has 2 amide bonds. The third-order valence-corrected chi connectivity index (χ3v) is 6.38. The molecule has 0 bridgehead atoms. The molecule has 10 heteroatoms. The van der Waals surface area contributed by atoms with E-state index < -0.39 is 17.4 Å². The molecule has 2 aliphatic rings. The normalized spacial score (nSPS) is 18.2. The van der Waals surface area contributed by atoms with E-state index in [1.807, 2.05) is 6.92 Å². The van der Waals surface area contributed by atoms with Gasteiger partial charge in [-0.15, -0.1) is 0 Å². The number of nitrogens with zero attached hydrogens (tertiary/aromatic N) is 4. The monoisotopic (exact) mass is 464 g/mol. The van der Waals surface area contributed by atoms with Crippen LogP contribution < -0.4 is 14.4 Å². The summed E-state index contributed by atoms with van der Waals surface area (Å²) in [6.45, 7) is 2.94. The molecule has 1 saturated heterocycles. The van der Waals surface area contributed by atoms with Gasteiger partial charge in [0.1, 0.15) is 12.2 Å². The number of aromatic nitrogens is 2. The van der Waals surface area contributed by atoms with Crippen LogP contribution in [0, 0.1) is 5.21 Å². The fourth-order valence-electron chi connectivity index (χ4n) is 4.67. The summed E-state index contributed by atoms with van der Waals surface area (Å²) in [5.41, 5.74) is -0.745. The lowest BCUT2D eigenvalue weighted by atomic mass is 9.81. The minimum Gasteiger partial charge on any atom is -0.618 e. The van der Waals surface area contributed by atoms with Gasteiger partial charge in [-0.05, 0) is 37.5 Å². The Morgan fingerprint density at radius 3 is 2.55 bits per heavy atom. The van der Waals surface area contributed by atoms with Crippen molar-refractivity contribution in [3.63, 3.8) is 0 Å². The molecule has 0 unspecified atom stereocenters. The zero-order valence-corrected chi connectivity index (χ0v) is 18.5. The highest BCUT2D eigenvalue weighted by Gasteiger charge is 2.51. The molecule has 0 aromatic carbocycles. The van der Waals surface area contributed by atoms with Crippen LogP contribution in [0.15, 0.2) is 36.7 Å². The summed E-state index contributed by atoms with van der Waals surface area (Å²) in [4.78, 5) is 20.2. The molecule has 2 aromatic rings. The van der Waals surface area contributed by atoms with Crippen molar-refractivity contribution in [2.75, 3.05) is 18.1 Å². The SMILES string of the molecule is CCCOc1ccc(CN2C(=O)N(c3ccc(C(F)(F)F)nc3)CC23CCCCC3)[n+]([O-])c1. The number of rotatable bonds is 6. The Morgan fingerprint density at radius 1 is 1.18 bits per heavy atom. The van der Waals surface area contributed by atoms with Gasteiger partial charge in [0.05, 0.1) is 30.6 Å². The van der Waals surface area contributed by atoms with E-state index in [0.29, 0.717) is 30.3 Å². The first-order valence-corrected chi connectivity index (χ1v) is 11.2. The van der Waals surface area contributed by atoms with Crippen LogP contribution in [-0.4, -0.2) is 34.6 Å². The van der Waals surface area contributed by atoms with Gasteiger partial charge >= 0.3 is 12.2 Å². The molecule has 1 saturated carbocycles. The zero-order chi connectivity index (χ0) is 23.6. The highest BCUT2D eigenvalue weighted by atomic mass is 19.4. The quantitative estimate of drug-likeness (QED) is 0.460. The van der Waals surface area contributed by atoms with Crippen LogP contribution in [0.25, 0.3) is 0 Å². The lowest BCUT2D eigenvalue weighted by Crippen LogP contribution is -2.49. The smallest absolute Gasteiger partial charge is 0.433 e. The second kappa shape index (κ2) is 9.07. The average Bonchev–Trinajstić information content (AvgIpc) is 3.05. The maximum atomic E-state index is 13.5. The minimum atomic E-state index is -4.54. The van der Waals surface area contributed by atoms with Crippen molar-refractivity contribution < 1.29 is 27.4 Å². The number of ether oxygens (including phenoxy) is 1. The number of urea groups is 1. The maximum absolute atomic E-state index is 13.5. The van der Waals surface area contributed by atoms with Crippen molar-refractivity contribution in [3.8, 4) is 5.75 Å². The Balaban J connectivity index is 1.60. The average molecular weight is 464 g/mol. The Kier molecular flexibility index (Phi) is 6.36. The molecule has 0 atom stereocenters. The first-order chi connectivity index (χ1) is 15.7. The predicted octanol–water partition coefficient (Wildman–Crippen LogP) is 4.67. The fraction of sp³-hybridized carbons (Fsp3) is 0.522. The number of halogens is 3. The molecule has 33 heavy (non-hydrogen) atoms. The molecule has 0 N–H and O–H groups in total. The highest BCUT2D eigenvalue weighted by molar-refractivity contribution is 5.95. The number of alkyl halides is 3. The number of hydrogen-bond donors (Lipinski definition) is 0. The van der Waals surface area contributed by atoms with E-state index in [2.05, 4.69) is 4.98 Å². The van der Waals surface area contributed by atoms with Crippen LogP contribution in [-0.2, 0) is 12.7 Å². The van der Waals surface area contributed by atoms with Gasteiger partial charge in [-0.1, -0.05) is 26.2 Å². The van der Waals surface area contributed by atoms with Gasteiger partial charge < -0.3 is 14.8 Å². The van der Waals surface area contributed by atoms with Gasteiger partial charge in [0.2, 0.25) is 11.9 Å². The molecule has 178 valence electrons. The van der Waals surface area contributed by atoms with E-state index in [4.69, 9.17) is 4.74 Å². The number of hydrogen-bond acceptors (Lipinski definition) is 4. The largest absolute Gasteiger partial charge is 0.618 e. The molecule has 7 nitrogen and oxygen atoms in total. The summed E-state index contributed by atoms with van der Waals surface area (Å²) < 4.78 is 44.9. The van der Waals surface area contributed by atoms with Crippen molar-refractivity contribution in [2.24, 2.45) is 0 Å². The highest BCUT2D eigenvalue weighted by Crippen LogP contribution is 2.42. The van der Waals surface area contributed by atoms with Crippen LogP contribution in [0.5, 0.6) is 5.75 Å². The van der Waals surface area contributed by atoms with Crippen molar-refractivity contribution >= 4 is 11.7 Å². The molecular weight excluding hydrogens is 437 g/mol. The summed E-state index contributed by atoms with van der Waals surface area (Å²) >= 11 is 0. The van der Waals surface area contributed by atoms with Crippen molar-refractivity contribution in [1.29, 1.82) is 0 Å². The first-order valence-electron chi connectivity index (χ1n) is 11.2. The maximum Gasteiger partial charge on any atom is 0.433 e. The summed E-state index contributed by atoms with van der Waals surface area (Å²) in [5.74, 6) is 0.466. The third-order valence-electron chi connectivity index (χ3n) is 6.38. The zero-order valence-electron chi connectivity index (χ0n) is 18.5. The Hall–Kier alpha value is -3.04. The van der Waals surface area contributed by atoms with Crippen molar-refractivity contribution in [1.82, 2.24) is 9.88 Å². The van der Waals surface area contributed by atoms with E-state index in [1.54, 1.807) is 17.0 Å². The molecule has 2 fully saturated rings. The van der Waals surface area contributed by atoms with E-state index in [1.165, 1.54) is 17.2 Å². The second-order valence-corrected chi connectivity index (χ2v) is 8.67. The Labute approximate surface area is 190 Å².